The van der Waals surface area contributed by atoms with Crippen molar-refractivity contribution in [1.29, 1.82) is 0 Å². The topological polar surface area (TPSA) is 39.3 Å². The molecule has 0 aliphatic heterocycles. The summed E-state index contributed by atoms with van der Waals surface area (Å²) in [7, 11) is 0. The Morgan fingerprint density at radius 2 is 1.64 bits per heavy atom. The van der Waals surface area contributed by atoms with Crippen LogP contribution in [0.2, 0.25) is 0 Å². The molecule has 0 saturated heterocycles. The van der Waals surface area contributed by atoms with E-state index in [2.05, 4.69) is 11.5 Å². The number of hydrogen-bond donors (Lipinski definition) is 0. The van der Waals surface area contributed by atoms with Crippen LogP contribution < -0.4 is 0 Å². The monoisotopic (exact) mass is 433 g/mol. The number of Topliss-reactive ketones (excluding diaryl/α,β-unsaturated/α-hetero) is 1. The van der Waals surface area contributed by atoms with Crippen molar-refractivity contribution in [3.05, 3.63) is 60.3 Å². The fourth-order valence-corrected chi connectivity index (χ4v) is 3.75. The lowest BCUT2D eigenvalue weighted by molar-refractivity contribution is 0.0992. The van der Waals surface area contributed by atoms with Gasteiger partial charge in [0.25, 0.3) is 3.79 Å². The fourth-order valence-electron chi connectivity index (χ4n) is 3.48. The van der Waals surface area contributed by atoms with Crippen LogP contribution in [0.5, 0.6) is 0 Å². The molecule has 28 heavy (non-hydrogen) atoms. The minimum atomic E-state index is -2.08. The van der Waals surface area contributed by atoms with E-state index < -0.39 is 9.58 Å². The number of rotatable bonds is 5. The van der Waals surface area contributed by atoms with E-state index in [1.165, 1.54) is 0 Å². The first-order chi connectivity index (χ1) is 13.4. The van der Waals surface area contributed by atoms with Gasteiger partial charge in [-0.15, -0.1) is 0 Å². The first-order valence-corrected chi connectivity index (χ1v) is 10.2. The van der Waals surface area contributed by atoms with Crippen molar-refractivity contribution in [3.8, 4) is 11.3 Å². The average Bonchev–Trinajstić information content (AvgIpc) is 3.21. The number of para-hydroxylation sites is 2. The predicted octanol–water partition coefficient (Wildman–Crippen LogP) is 6.31. The van der Waals surface area contributed by atoms with Crippen LogP contribution >= 0.6 is 34.8 Å². The SMILES string of the molecule is CCCCn1c2ccccc2n2c(C(=O)C(Cl)(Cl)Cl)c(-c3ccccc3)nc12. The van der Waals surface area contributed by atoms with Crippen LogP contribution in [-0.4, -0.2) is 23.5 Å². The number of imidazole rings is 2. The summed E-state index contributed by atoms with van der Waals surface area (Å²) in [5.74, 6) is 0.0772. The molecule has 0 spiro atoms. The molecule has 2 heterocycles. The van der Waals surface area contributed by atoms with Gasteiger partial charge in [0.1, 0.15) is 11.4 Å². The summed E-state index contributed by atoms with van der Waals surface area (Å²) in [5, 5.41) is 0. The fraction of sp³-hybridized carbons (Fsp3) is 0.238. The van der Waals surface area contributed by atoms with E-state index in [4.69, 9.17) is 39.8 Å². The van der Waals surface area contributed by atoms with E-state index in [0.29, 0.717) is 11.5 Å². The Hall–Kier alpha value is -2.01. The molecule has 0 fully saturated rings. The molecule has 4 nitrogen and oxygen atoms in total. The predicted molar refractivity (Wildman–Crippen MR) is 116 cm³/mol. The van der Waals surface area contributed by atoms with Gasteiger partial charge >= 0.3 is 0 Å². The Kier molecular flexibility index (Phi) is 5.13. The second-order valence-corrected chi connectivity index (χ2v) is 8.91. The maximum atomic E-state index is 13.1. The van der Waals surface area contributed by atoms with Gasteiger partial charge in [0, 0.05) is 12.1 Å². The molecule has 7 heteroatoms. The van der Waals surface area contributed by atoms with E-state index >= 15 is 0 Å². The number of hydrogen-bond acceptors (Lipinski definition) is 2. The standard InChI is InChI=1S/C21H18Cl3N3O/c1-2-3-13-26-15-11-7-8-12-16(15)27-18(19(28)21(22,23)24)17(25-20(26)27)14-9-5-4-6-10-14/h4-12H,2-3,13H2,1H3. The van der Waals surface area contributed by atoms with Crippen molar-refractivity contribution in [2.24, 2.45) is 0 Å². The van der Waals surface area contributed by atoms with Crippen LogP contribution in [0.1, 0.15) is 30.3 Å². The molecule has 0 atom stereocenters. The molecule has 0 radical (unpaired) electrons. The molecule has 2 aromatic heterocycles. The molecule has 0 N–H and O–H groups in total. The summed E-state index contributed by atoms with van der Waals surface area (Å²) < 4.78 is 1.87. The van der Waals surface area contributed by atoms with E-state index in [1.807, 2.05) is 59.0 Å². The number of carbonyl (C=O) groups excluding carboxylic acids is 1. The minimum absolute atomic E-state index is 0.285. The number of alkyl halides is 3. The molecular formula is C21H18Cl3N3O. The largest absolute Gasteiger partial charge is 0.310 e. The van der Waals surface area contributed by atoms with Gasteiger partial charge in [-0.1, -0.05) is 90.6 Å². The maximum absolute atomic E-state index is 13.1. The molecule has 0 saturated carbocycles. The van der Waals surface area contributed by atoms with Crippen LogP contribution in [0.15, 0.2) is 54.6 Å². The molecule has 144 valence electrons. The number of fused-ring (bicyclic) bond motifs is 3. The average molecular weight is 435 g/mol. The third-order valence-electron chi connectivity index (χ3n) is 4.77. The van der Waals surface area contributed by atoms with Crippen molar-refractivity contribution in [1.82, 2.24) is 14.0 Å². The van der Waals surface area contributed by atoms with Crippen molar-refractivity contribution in [2.45, 2.75) is 30.1 Å². The van der Waals surface area contributed by atoms with Crippen molar-refractivity contribution < 1.29 is 4.79 Å². The van der Waals surface area contributed by atoms with Gasteiger partial charge in [-0.2, -0.15) is 0 Å². The number of benzene rings is 2. The third kappa shape index (κ3) is 3.20. The molecule has 4 aromatic rings. The van der Waals surface area contributed by atoms with Crippen molar-refractivity contribution in [2.75, 3.05) is 0 Å². The van der Waals surface area contributed by atoms with Gasteiger partial charge in [-0.25, -0.2) is 4.98 Å². The highest BCUT2D eigenvalue weighted by atomic mass is 35.6. The molecule has 4 rings (SSSR count). The van der Waals surface area contributed by atoms with Gasteiger partial charge in [-0.3, -0.25) is 9.20 Å². The highest BCUT2D eigenvalue weighted by Crippen LogP contribution is 2.37. The van der Waals surface area contributed by atoms with Crippen LogP contribution in [0.3, 0.4) is 0 Å². The summed E-state index contributed by atoms with van der Waals surface area (Å²) in [4.78, 5) is 18.0. The van der Waals surface area contributed by atoms with Gasteiger partial charge in [-0.05, 0) is 18.6 Å². The minimum Gasteiger partial charge on any atom is -0.310 e. The number of ketones is 1. The lowest BCUT2D eigenvalue weighted by Crippen LogP contribution is -2.21. The third-order valence-corrected chi connectivity index (χ3v) is 5.28. The maximum Gasteiger partial charge on any atom is 0.255 e. The Balaban J connectivity index is 2.11. The molecule has 2 aromatic carbocycles. The zero-order chi connectivity index (χ0) is 19.9. The number of nitrogens with zero attached hydrogens (tertiary/aromatic N) is 3. The van der Waals surface area contributed by atoms with Crippen LogP contribution in [-0.2, 0) is 6.54 Å². The lowest BCUT2D eigenvalue weighted by atomic mass is 10.1. The number of unbranched alkanes of at least 4 members (excludes halogenated alkanes) is 1. The van der Waals surface area contributed by atoms with Gasteiger partial charge in [0.05, 0.1) is 11.0 Å². The lowest BCUT2D eigenvalue weighted by Gasteiger charge is -2.11. The van der Waals surface area contributed by atoms with Gasteiger partial charge < -0.3 is 4.57 Å². The highest BCUT2D eigenvalue weighted by molar-refractivity contribution is 6.77. The zero-order valence-electron chi connectivity index (χ0n) is 15.2. The first-order valence-electron chi connectivity index (χ1n) is 9.10. The summed E-state index contributed by atoms with van der Waals surface area (Å²) in [6.07, 6.45) is 2.04. The van der Waals surface area contributed by atoms with E-state index in [-0.39, 0.29) is 5.69 Å². The van der Waals surface area contributed by atoms with Gasteiger partial charge in [0.15, 0.2) is 0 Å². The van der Waals surface area contributed by atoms with Crippen LogP contribution in [0, 0.1) is 0 Å². The molecule has 0 aliphatic rings. The van der Waals surface area contributed by atoms with Crippen molar-refractivity contribution >= 4 is 57.4 Å². The molecule has 0 unspecified atom stereocenters. The van der Waals surface area contributed by atoms with Crippen molar-refractivity contribution in [3.63, 3.8) is 0 Å². The van der Waals surface area contributed by atoms with Crippen LogP contribution in [0.4, 0.5) is 0 Å². The Bertz CT molecular complexity index is 1160. The second kappa shape index (κ2) is 7.43. The number of aromatic nitrogens is 3. The van der Waals surface area contributed by atoms with E-state index in [9.17, 15) is 4.79 Å². The Morgan fingerprint density at radius 3 is 2.29 bits per heavy atom. The summed E-state index contributed by atoms with van der Waals surface area (Å²) in [5.41, 5.74) is 3.46. The summed E-state index contributed by atoms with van der Waals surface area (Å²) in [6.45, 7) is 2.93. The Morgan fingerprint density at radius 1 is 1.00 bits per heavy atom. The number of carbonyl (C=O) groups is 1. The second-order valence-electron chi connectivity index (χ2n) is 6.63. The zero-order valence-corrected chi connectivity index (χ0v) is 17.5. The summed E-state index contributed by atoms with van der Waals surface area (Å²) in [6, 6.07) is 17.4. The highest BCUT2D eigenvalue weighted by Gasteiger charge is 2.37. The van der Waals surface area contributed by atoms with Crippen LogP contribution in [0.25, 0.3) is 28.1 Å². The molecular weight excluding hydrogens is 417 g/mol. The first kappa shape index (κ1) is 19.3. The van der Waals surface area contributed by atoms with Gasteiger partial charge in [0.2, 0.25) is 11.6 Å². The number of halogens is 3. The molecule has 0 aliphatic carbocycles. The summed E-state index contributed by atoms with van der Waals surface area (Å²) >= 11 is 18.0. The smallest absolute Gasteiger partial charge is 0.255 e. The van der Waals surface area contributed by atoms with E-state index in [0.717, 1.165) is 36.0 Å². The number of aryl methyl sites for hydroxylation is 1. The molecule has 0 amide bonds. The quantitative estimate of drug-likeness (QED) is 0.273. The molecule has 0 bridgehead atoms. The normalized spacial score (nSPS) is 12.1. The van der Waals surface area contributed by atoms with E-state index in [1.54, 1.807) is 0 Å². The Labute approximate surface area is 177 Å².